The van der Waals surface area contributed by atoms with Crippen molar-refractivity contribution in [3.63, 3.8) is 0 Å². The summed E-state index contributed by atoms with van der Waals surface area (Å²) in [4.78, 5) is 5.11. The van der Waals surface area contributed by atoms with E-state index in [1.54, 1.807) is 0 Å². The quantitative estimate of drug-likeness (QED) is 0.746. The van der Waals surface area contributed by atoms with Crippen molar-refractivity contribution < 1.29 is 0 Å². The second-order valence-electron chi connectivity index (χ2n) is 6.80. The molecule has 2 aliphatic rings. The monoisotopic (exact) mass is 253 g/mol. The van der Waals surface area contributed by atoms with Crippen molar-refractivity contribution in [2.24, 2.45) is 5.41 Å². The Balaban J connectivity index is 1.79. The first-order valence-electron chi connectivity index (χ1n) is 7.75. The average Bonchev–Trinajstić information content (AvgIpc) is 3.14. The minimum absolute atomic E-state index is 0.466. The fraction of sp³-hybridized carbons (Fsp3) is 1.00. The van der Waals surface area contributed by atoms with E-state index >= 15 is 0 Å². The Kier molecular flexibility index (Phi) is 5.05. The Bertz CT molecular complexity index is 244. The van der Waals surface area contributed by atoms with Gasteiger partial charge < -0.3 is 15.1 Å². The van der Waals surface area contributed by atoms with Crippen molar-refractivity contribution in [1.29, 1.82) is 0 Å². The molecule has 1 atom stereocenters. The van der Waals surface area contributed by atoms with Gasteiger partial charge in [-0.1, -0.05) is 20.3 Å². The van der Waals surface area contributed by atoms with Crippen molar-refractivity contribution in [3.05, 3.63) is 0 Å². The van der Waals surface area contributed by atoms with Crippen molar-refractivity contribution in [2.75, 3.05) is 46.3 Å². The summed E-state index contributed by atoms with van der Waals surface area (Å²) in [6.07, 6.45) is 5.45. The van der Waals surface area contributed by atoms with Crippen LogP contribution in [-0.2, 0) is 0 Å². The van der Waals surface area contributed by atoms with Gasteiger partial charge in [0.25, 0.3) is 0 Å². The summed E-state index contributed by atoms with van der Waals surface area (Å²) >= 11 is 0. The number of hydrogen-bond donors (Lipinski definition) is 1. The number of nitrogens with zero attached hydrogens (tertiary/aromatic N) is 2. The summed E-state index contributed by atoms with van der Waals surface area (Å²) in [6, 6.07) is 0.841. The van der Waals surface area contributed by atoms with Crippen LogP contribution in [0, 0.1) is 5.41 Å². The second-order valence-corrected chi connectivity index (χ2v) is 6.80. The van der Waals surface area contributed by atoms with E-state index in [9.17, 15) is 0 Å². The topological polar surface area (TPSA) is 18.5 Å². The number of nitrogens with one attached hydrogen (secondary N) is 1. The molecule has 2 fully saturated rings. The van der Waals surface area contributed by atoms with Gasteiger partial charge in [-0.15, -0.1) is 0 Å². The molecule has 106 valence electrons. The molecule has 1 aliphatic heterocycles. The van der Waals surface area contributed by atoms with E-state index in [2.05, 4.69) is 36.0 Å². The number of piperazine rings is 1. The third kappa shape index (κ3) is 4.52. The Labute approximate surface area is 113 Å². The van der Waals surface area contributed by atoms with Crippen molar-refractivity contribution in [2.45, 2.75) is 45.6 Å². The summed E-state index contributed by atoms with van der Waals surface area (Å²) < 4.78 is 0. The van der Waals surface area contributed by atoms with E-state index in [-0.39, 0.29) is 0 Å². The summed E-state index contributed by atoms with van der Waals surface area (Å²) in [5, 5.41) is 3.74. The summed E-state index contributed by atoms with van der Waals surface area (Å²) in [5.41, 5.74) is 0.466. The van der Waals surface area contributed by atoms with Crippen LogP contribution in [0.3, 0.4) is 0 Å². The highest BCUT2D eigenvalue weighted by Gasteiger charge is 2.30. The van der Waals surface area contributed by atoms with Crippen molar-refractivity contribution in [3.8, 4) is 0 Å². The standard InChI is InChI=1S/C15H31N3/c1-4-7-15(2,12-16-14-5-6-14)13-18-10-8-17(3)9-11-18/h14,16H,4-13H2,1-3H3. The highest BCUT2D eigenvalue weighted by Crippen LogP contribution is 2.27. The van der Waals surface area contributed by atoms with Crippen LogP contribution in [-0.4, -0.2) is 62.2 Å². The molecular weight excluding hydrogens is 222 g/mol. The fourth-order valence-corrected chi connectivity index (χ4v) is 3.05. The molecule has 0 spiro atoms. The summed E-state index contributed by atoms with van der Waals surface area (Å²) in [6.45, 7) is 12.2. The van der Waals surface area contributed by atoms with Crippen LogP contribution in [0.4, 0.5) is 0 Å². The van der Waals surface area contributed by atoms with E-state index in [4.69, 9.17) is 0 Å². The van der Waals surface area contributed by atoms with E-state index < -0.39 is 0 Å². The van der Waals surface area contributed by atoms with Crippen LogP contribution in [0.15, 0.2) is 0 Å². The first-order chi connectivity index (χ1) is 8.61. The van der Waals surface area contributed by atoms with Crippen LogP contribution >= 0.6 is 0 Å². The van der Waals surface area contributed by atoms with Gasteiger partial charge in [0.05, 0.1) is 0 Å². The molecule has 1 aliphatic carbocycles. The van der Waals surface area contributed by atoms with Crippen LogP contribution < -0.4 is 5.32 Å². The first-order valence-corrected chi connectivity index (χ1v) is 7.75. The molecule has 0 aromatic rings. The third-order valence-corrected chi connectivity index (χ3v) is 4.45. The molecule has 0 amide bonds. The van der Waals surface area contributed by atoms with Gasteiger partial charge in [-0.05, 0) is 31.7 Å². The first kappa shape index (κ1) is 14.3. The fourth-order valence-electron chi connectivity index (χ4n) is 3.05. The number of rotatable bonds is 7. The molecular formula is C15H31N3. The number of hydrogen-bond acceptors (Lipinski definition) is 3. The van der Waals surface area contributed by atoms with Gasteiger partial charge in [0.15, 0.2) is 0 Å². The normalized spacial score (nSPS) is 26.2. The van der Waals surface area contributed by atoms with E-state index in [1.807, 2.05) is 0 Å². The minimum atomic E-state index is 0.466. The highest BCUT2D eigenvalue weighted by atomic mass is 15.2. The van der Waals surface area contributed by atoms with Crippen molar-refractivity contribution in [1.82, 2.24) is 15.1 Å². The van der Waals surface area contributed by atoms with Gasteiger partial charge in [0, 0.05) is 45.3 Å². The predicted octanol–water partition coefficient (Wildman–Crippen LogP) is 1.79. The van der Waals surface area contributed by atoms with Gasteiger partial charge in [0.1, 0.15) is 0 Å². The van der Waals surface area contributed by atoms with Crippen molar-refractivity contribution >= 4 is 0 Å². The lowest BCUT2D eigenvalue weighted by atomic mass is 9.84. The molecule has 3 heteroatoms. The summed E-state index contributed by atoms with van der Waals surface area (Å²) in [5.74, 6) is 0. The zero-order chi connectivity index (χ0) is 13.0. The van der Waals surface area contributed by atoms with Crippen LogP contribution in [0.1, 0.15) is 39.5 Å². The molecule has 0 radical (unpaired) electrons. The SMILES string of the molecule is CCCC(C)(CNC1CC1)CN1CCN(C)CC1. The molecule has 1 heterocycles. The number of likely N-dealkylation sites (N-methyl/N-ethyl adjacent to an activating group) is 1. The second kappa shape index (κ2) is 6.36. The van der Waals surface area contributed by atoms with Crippen LogP contribution in [0.5, 0.6) is 0 Å². The van der Waals surface area contributed by atoms with E-state index in [0.717, 1.165) is 6.04 Å². The third-order valence-electron chi connectivity index (χ3n) is 4.45. The Morgan fingerprint density at radius 3 is 2.39 bits per heavy atom. The largest absolute Gasteiger partial charge is 0.313 e. The predicted molar refractivity (Wildman–Crippen MR) is 78.0 cm³/mol. The van der Waals surface area contributed by atoms with Gasteiger partial charge in [-0.2, -0.15) is 0 Å². The molecule has 1 saturated carbocycles. The zero-order valence-electron chi connectivity index (χ0n) is 12.5. The Hall–Kier alpha value is -0.120. The molecule has 0 aromatic heterocycles. The van der Waals surface area contributed by atoms with Gasteiger partial charge in [-0.3, -0.25) is 0 Å². The molecule has 1 saturated heterocycles. The minimum Gasteiger partial charge on any atom is -0.313 e. The molecule has 3 nitrogen and oxygen atoms in total. The maximum absolute atomic E-state index is 3.74. The van der Waals surface area contributed by atoms with Crippen LogP contribution in [0.25, 0.3) is 0 Å². The molecule has 0 aromatic carbocycles. The highest BCUT2D eigenvalue weighted by molar-refractivity contribution is 4.88. The van der Waals surface area contributed by atoms with Gasteiger partial charge in [-0.25, -0.2) is 0 Å². The molecule has 1 unspecified atom stereocenters. The lowest BCUT2D eigenvalue weighted by molar-refractivity contribution is 0.0969. The zero-order valence-corrected chi connectivity index (χ0v) is 12.5. The maximum Gasteiger partial charge on any atom is 0.0110 e. The van der Waals surface area contributed by atoms with E-state index in [0.29, 0.717) is 5.41 Å². The lowest BCUT2D eigenvalue weighted by Crippen LogP contribution is -2.50. The smallest absolute Gasteiger partial charge is 0.0110 e. The Morgan fingerprint density at radius 2 is 1.83 bits per heavy atom. The lowest BCUT2D eigenvalue weighted by Gasteiger charge is -2.39. The van der Waals surface area contributed by atoms with Crippen LogP contribution in [0.2, 0.25) is 0 Å². The van der Waals surface area contributed by atoms with Gasteiger partial charge >= 0.3 is 0 Å². The summed E-state index contributed by atoms with van der Waals surface area (Å²) in [7, 11) is 2.23. The van der Waals surface area contributed by atoms with E-state index in [1.165, 1.54) is 65.0 Å². The molecule has 1 N–H and O–H groups in total. The molecule has 2 rings (SSSR count). The van der Waals surface area contributed by atoms with Gasteiger partial charge in [0.2, 0.25) is 0 Å². The molecule has 18 heavy (non-hydrogen) atoms. The molecule has 0 bridgehead atoms. The Morgan fingerprint density at radius 1 is 1.17 bits per heavy atom. The maximum atomic E-state index is 3.74. The average molecular weight is 253 g/mol.